The second-order valence-corrected chi connectivity index (χ2v) is 14.6. The van der Waals surface area contributed by atoms with Crippen molar-refractivity contribution in [2.75, 3.05) is 13.2 Å². The van der Waals surface area contributed by atoms with E-state index in [2.05, 4.69) is 26.1 Å². The molecule has 10 atom stereocenters. The smallest absolute Gasteiger partial charge is 0.249 e. The van der Waals surface area contributed by atoms with Gasteiger partial charge in [-0.15, -0.1) is 0 Å². The minimum absolute atomic E-state index is 0.263. The molecule has 1 saturated heterocycles. The zero-order chi connectivity index (χ0) is 36.4. The van der Waals surface area contributed by atoms with Crippen molar-refractivity contribution < 1.29 is 50.0 Å². The van der Waals surface area contributed by atoms with Crippen molar-refractivity contribution >= 4 is 5.91 Å². The molecule has 1 amide bonds. The van der Waals surface area contributed by atoms with Gasteiger partial charge in [0.25, 0.3) is 0 Å². The second kappa shape index (κ2) is 28.7. The number of ether oxygens (including phenoxy) is 2. The van der Waals surface area contributed by atoms with Crippen LogP contribution in [0, 0.1) is 5.92 Å². The van der Waals surface area contributed by atoms with Gasteiger partial charge in [-0.3, -0.25) is 4.79 Å². The van der Waals surface area contributed by atoms with E-state index in [4.69, 9.17) is 9.47 Å². The van der Waals surface area contributed by atoms with Crippen molar-refractivity contribution in [2.45, 2.75) is 217 Å². The number of carbonyl (C=O) groups is 1. The quantitative estimate of drug-likeness (QED) is 0.0473. The summed E-state index contributed by atoms with van der Waals surface area (Å²) in [6.45, 7) is 5.66. The fraction of sp³-hybridized carbons (Fsp3) is 0.974. The molecule has 0 spiro atoms. The van der Waals surface area contributed by atoms with E-state index in [9.17, 15) is 40.5 Å². The summed E-state index contributed by atoms with van der Waals surface area (Å²) in [4.78, 5) is 13.0. The summed E-state index contributed by atoms with van der Waals surface area (Å²) in [6, 6.07) is -1.16. The Morgan fingerprint density at radius 2 is 1.18 bits per heavy atom. The van der Waals surface area contributed by atoms with E-state index in [1.54, 1.807) is 0 Å². The molecular formula is C38H75NO10. The highest BCUT2D eigenvalue weighted by Crippen LogP contribution is 2.23. The van der Waals surface area contributed by atoms with E-state index in [0.29, 0.717) is 19.3 Å². The Bertz CT molecular complexity index is 790. The van der Waals surface area contributed by atoms with Crippen LogP contribution >= 0.6 is 0 Å². The van der Waals surface area contributed by atoms with Crippen LogP contribution in [0.2, 0.25) is 0 Å². The normalized spacial score (nSPS) is 24.3. The van der Waals surface area contributed by atoms with Crippen LogP contribution in [-0.4, -0.2) is 110 Å². The maximum atomic E-state index is 13.0. The molecule has 11 heteroatoms. The van der Waals surface area contributed by atoms with Crippen molar-refractivity contribution in [3.05, 3.63) is 0 Å². The van der Waals surface area contributed by atoms with Gasteiger partial charge < -0.3 is 50.5 Å². The van der Waals surface area contributed by atoms with E-state index in [-0.39, 0.29) is 6.42 Å². The van der Waals surface area contributed by atoms with Gasteiger partial charge in [0.15, 0.2) is 6.29 Å². The van der Waals surface area contributed by atoms with Gasteiger partial charge in [0.2, 0.25) is 5.91 Å². The fourth-order valence-corrected chi connectivity index (χ4v) is 6.41. The van der Waals surface area contributed by atoms with Gasteiger partial charge in [-0.2, -0.15) is 0 Å². The van der Waals surface area contributed by atoms with Crippen LogP contribution in [0.4, 0.5) is 0 Å². The van der Waals surface area contributed by atoms with E-state index < -0.39 is 74.2 Å². The highest BCUT2D eigenvalue weighted by molar-refractivity contribution is 5.80. The van der Waals surface area contributed by atoms with Crippen LogP contribution in [0.15, 0.2) is 0 Å². The molecule has 0 aromatic carbocycles. The van der Waals surface area contributed by atoms with Crippen LogP contribution in [0.25, 0.3) is 0 Å². The van der Waals surface area contributed by atoms with E-state index in [0.717, 1.165) is 44.4 Å². The molecule has 0 bridgehead atoms. The number of carbonyl (C=O) groups excluding carboxylic acids is 1. The predicted octanol–water partition coefficient (Wildman–Crippen LogP) is 4.63. The lowest BCUT2D eigenvalue weighted by Crippen LogP contribution is -2.60. The van der Waals surface area contributed by atoms with Gasteiger partial charge >= 0.3 is 0 Å². The fourth-order valence-electron chi connectivity index (χ4n) is 6.41. The van der Waals surface area contributed by atoms with E-state index in [1.165, 1.54) is 77.0 Å². The van der Waals surface area contributed by atoms with Gasteiger partial charge in [0, 0.05) is 0 Å². The van der Waals surface area contributed by atoms with Gasteiger partial charge in [-0.1, -0.05) is 149 Å². The second-order valence-electron chi connectivity index (χ2n) is 14.6. The first-order chi connectivity index (χ1) is 23.6. The molecule has 1 rings (SSSR count). The van der Waals surface area contributed by atoms with Crippen LogP contribution in [-0.2, 0) is 14.3 Å². The van der Waals surface area contributed by atoms with Gasteiger partial charge in [-0.05, 0) is 18.8 Å². The Morgan fingerprint density at radius 1 is 0.694 bits per heavy atom. The Morgan fingerprint density at radius 3 is 1.69 bits per heavy atom. The molecule has 0 aliphatic carbocycles. The lowest BCUT2D eigenvalue weighted by atomic mass is 9.97. The number of rotatable bonds is 31. The minimum Gasteiger partial charge on any atom is -0.394 e. The molecule has 11 nitrogen and oxygen atoms in total. The first-order valence-electron chi connectivity index (χ1n) is 19.8. The number of hydrogen-bond acceptors (Lipinski definition) is 10. The molecule has 0 radical (unpaired) electrons. The van der Waals surface area contributed by atoms with Crippen molar-refractivity contribution in [1.29, 1.82) is 0 Å². The largest absolute Gasteiger partial charge is 0.394 e. The molecule has 8 N–H and O–H groups in total. The number of amides is 1. The summed E-state index contributed by atoms with van der Waals surface area (Å²) in [7, 11) is 0. The third kappa shape index (κ3) is 20.1. The predicted molar refractivity (Wildman–Crippen MR) is 192 cm³/mol. The van der Waals surface area contributed by atoms with E-state index >= 15 is 0 Å². The lowest BCUT2D eigenvalue weighted by molar-refractivity contribution is -0.303. The molecule has 1 heterocycles. The van der Waals surface area contributed by atoms with Crippen LogP contribution in [0.3, 0.4) is 0 Å². The average Bonchev–Trinajstić information content (AvgIpc) is 3.10. The number of unbranched alkanes of at least 4 members (excludes halogenated alkanes) is 16. The zero-order valence-electron chi connectivity index (χ0n) is 31.1. The average molecular weight is 706 g/mol. The first kappa shape index (κ1) is 46.1. The van der Waals surface area contributed by atoms with Crippen LogP contribution in [0.5, 0.6) is 0 Å². The Kier molecular flexibility index (Phi) is 27.0. The van der Waals surface area contributed by atoms with Crippen molar-refractivity contribution in [2.24, 2.45) is 5.92 Å². The third-order valence-corrected chi connectivity index (χ3v) is 10.2. The maximum Gasteiger partial charge on any atom is 0.249 e. The molecule has 292 valence electrons. The summed E-state index contributed by atoms with van der Waals surface area (Å²) in [6.07, 6.45) is 11.8. The summed E-state index contributed by atoms with van der Waals surface area (Å²) in [5.41, 5.74) is 0. The highest BCUT2D eigenvalue weighted by Gasteiger charge is 2.44. The molecule has 0 aromatic heterocycles. The monoisotopic (exact) mass is 706 g/mol. The molecular weight excluding hydrogens is 630 g/mol. The molecule has 0 saturated carbocycles. The number of hydrogen-bond donors (Lipinski definition) is 8. The standard InChI is InChI=1S/C38H75NO10/c1-4-6-7-8-9-10-11-12-13-14-19-22-25-31(42)37(47)39-29(27-48-38-36(46)35(45)34(44)32(26-40)49-38)33(43)30(41)24-21-18-16-15-17-20-23-28(3)5-2/h28-36,38,40-46H,4-27H2,1-3H3,(H,39,47). The lowest BCUT2D eigenvalue weighted by Gasteiger charge is -2.40. The maximum absolute atomic E-state index is 13.0. The molecule has 49 heavy (non-hydrogen) atoms. The molecule has 10 unspecified atom stereocenters. The van der Waals surface area contributed by atoms with Gasteiger partial charge in [0.05, 0.1) is 25.4 Å². The first-order valence-corrected chi connectivity index (χ1v) is 19.8. The number of aliphatic hydroxyl groups excluding tert-OH is 7. The summed E-state index contributed by atoms with van der Waals surface area (Å²) in [5.74, 6) is 0.0550. The molecule has 1 aliphatic heterocycles. The van der Waals surface area contributed by atoms with Crippen molar-refractivity contribution in [3.8, 4) is 0 Å². The zero-order valence-corrected chi connectivity index (χ0v) is 31.1. The highest BCUT2D eigenvalue weighted by atomic mass is 16.7. The minimum atomic E-state index is -1.65. The Hall–Kier alpha value is -0.890. The number of nitrogens with one attached hydrogen (secondary N) is 1. The molecule has 0 aromatic rings. The SMILES string of the molecule is CCCCCCCCCCCCCCC(O)C(=O)NC(COC1OC(CO)C(O)C(O)C1O)C(O)C(O)CCCCCCCCC(C)CC. The van der Waals surface area contributed by atoms with Crippen molar-refractivity contribution in [3.63, 3.8) is 0 Å². The Labute approximate surface area is 297 Å². The van der Waals surface area contributed by atoms with Crippen molar-refractivity contribution in [1.82, 2.24) is 5.32 Å². The number of aliphatic hydroxyl groups is 7. The topological polar surface area (TPSA) is 189 Å². The Balaban J connectivity index is 2.57. The summed E-state index contributed by atoms with van der Waals surface area (Å²) >= 11 is 0. The van der Waals surface area contributed by atoms with Crippen LogP contribution < -0.4 is 5.32 Å². The van der Waals surface area contributed by atoms with Gasteiger partial charge in [-0.25, -0.2) is 0 Å². The van der Waals surface area contributed by atoms with E-state index in [1.807, 2.05) is 0 Å². The van der Waals surface area contributed by atoms with Crippen LogP contribution in [0.1, 0.15) is 162 Å². The summed E-state index contributed by atoms with van der Waals surface area (Å²) < 4.78 is 11.0. The third-order valence-electron chi connectivity index (χ3n) is 10.2. The summed E-state index contributed by atoms with van der Waals surface area (Å²) in [5, 5.41) is 75.2. The van der Waals surface area contributed by atoms with Gasteiger partial charge in [0.1, 0.15) is 36.6 Å². The molecule has 1 aliphatic rings. The molecule has 1 fully saturated rings.